The molecule has 2 aromatic rings. The van der Waals surface area contributed by atoms with Gasteiger partial charge in [0.25, 0.3) is 0 Å². The van der Waals surface area contributed by atoms with Crippen LogP contribution in [0.4, 0.5) is 0 Å². The topological polar surface area (TPSA) is 92.9 Å². The summed E-state index contributed by atoms with van der Waals surface area (Å²) in [5.74, 6) is -0.187. The van der Waals surface area contributed by atoms with E-state index in [1.54, 1.807) is 6.07 Å². The Hall–Kier alpha value is -2.08. The number of aromatic amines is 1. The summed E-state index contributed by atoms with van der Waals surface area (Å²) in [5.41, 5.74) is 6.79. The van der Waals surface area contributed by atoms with E-state index in [-0.39, 0.29) is 24.2 Å². The van der Waals surface area contributed by atoms with E-state index in [0.717, 1.165) is 11.0 Å². The molecular formula is C13H18N4O2. The summed E-state index contributed by atoms with van der Waals surface area (Å²) in [6.07, 6.45) is 0.717. The molecule has 1 amide bonds. The number of carbonyl (C=O) groups excluding carboxylic acids is 1. The number of H-pyrrole nitrogens is 1. The predicted molar refractivity (Wildman–Crippen MR) is 73.8 cm³/mol. The maximum Gasteiger partial charge on any atom is 0.326 e. The zero-order valence-electron chi connectivity index (χ0n) is 10.8. The van der Waals surface area contributed by atoms with Crippen molar-refractivity contribution < 1.29 is 4.79 Å². The summed E-state index contributed by atoms with van der Waals surface area (Å²) in [7, 11) is 0. The fourth-order valence-electron chi connectivity index (χ4n) is 1.90. The minimum Gasteiger partial charge on any atom is -0.354 e. The van der Waals surface area contributed by atoms with Crippen molar-refractivity contribution in [2.45, 2.75) is 25.9 Å². The molecule has 1 heterocycles. The fourth-order valence-corrected chi connectivity index (χ4v) is 1.90. The summed E-state index contributed by atoms with van der Waals surface area (Å²) in [6, 6.07) is 7.34. The first-order chi connectivity index (χ1) is 9.08. The standard InChI is InChI=1S/C13H18N4O2/c1-9(14)6-7-15-12(18)8-17-11-5-3-2-4-10(11)16-13(17)19/h2-5,9H,6-8,14H2,1H3,(H,15,18)(H,16,19). The number of nitrogens with zero attached hydrogens (tertiary/aromatic N) is 1. The molecule has 0 bridgehead atoms. The SMILES string of the molecule is CC(N)CCNC(=O)Cn1c(=O)[nH]c2ccccc21. The lowest BCUT2D eigenvalue weighted by molar-refractivity contribution is -0.121. The number of hydrogen-bond donors (Lipinski definition) is 3. The molecule has 0 aliphatic heterocycles. The number of benzene rings is 1. The molecule has 19 heavy (non-hydrogen) atoms. The van der Waals surface area contributed by atoms with Gasteiger partial charge in [-0.15, -0.1) is 0 Å². The Morgan fingerprint density at radius 1 is 1.47 bits per heavy atom. The maximum absolute atomic E-state index is 11.8. The van der Waals surface area contributed by atoms with Gasteiger partial charge in [-0.3, -0.25) is 9.36 Å². The Kier molecular flexibility index (Phi) is 4.01. The highest BCUT2D eigenvalue weighted by Crippen LogP contribution is 2.08. The van der Waals surface area contributed by atoms with Crippen LogP contribution in [-0.2, 0) is 11.3 Å². The normalized spacial score (nSPS) is 12.5. The van der Waals surface area contributed by atoms with E-state index < -0.39 is 0 Å². The number of fused-ring (bicyclic) bond motifs is 1. The average Bonchev–Trinajstić information content (AvgIpc) is 2.66. The summed E-state index contributed by atoms with van der Waals surface area (Å²) in [6.45, 7) is 2.42. The van der Waals surface area contributed by atoms with Crippen molar-refractivity contribution in [1.29, 1.82) is 0 Å². The minimum absolute atomic E-state index is 0.0157. The van der Waals surface area contributed by atoms with Gasteiger partial charge < -0.3 is 16.0 Å². The average molecular weight is 262 g/mol. The van der Waals surface area contributed by atoms with Crippen molar-refractivity contribution in [3.63, 3.8) is 0 Å². The number of imidazole rings is 1. The van der Waals surface area contributed by atoms with E-state index in [1.165, 1.54) is 4.57 Å². The molecule has 6 heteroatoms. The minimum atomic E-state index is -0.274. The highest BCUT2D eigenvalue weighted by Gasteiger charge is 2.09. The Morgan fingerprint density at radius 3 is 2.95 bits per heavy atom. The van der Waals surface area contributed by atoms with Crippen LogP contribution in [0.2, 0.25) is 0 Å². The van der Waals surface area contributed by atoms with Gasteiger partial charge in [-0.05, 0) is 25.5 Å². The summed E-state index contributed by atoms with van der Waals surface area (Å²) < 4.78 is 1.43. The van der Waals surface area contributed by atoms with Crippen LogP contribution >= 0.6 is 0 Å². The molecule has 1 aromatic heterocycles. The van der Waals surface area contributed by atoms with Crippen LogP contribution < -0.4 is 16.7 Å². The van der Waals surface area contributed by atoms with E-state index in [9.17, 15) is 9.59 Å². The first-order valence-corrected chi connectivity index (χ1v) is 6.28. The van der Waals surface area contributed by atoms with E-state index in [0.29, 0.717) is 13.0 Å². The van der Waals surface area contributed by atoms with Gasteiger partial charge in [0.05, 0.1) is 11.0 Å². The van der Waals surface area contributed by atoms with Crippen molar-refractivity contribution in [2.75, 3.05) is 6.54 Å². The zero-order chi connectivity index (χ0) is 13.8. The van der Waals surface area contributed by atoms with Crippen LogP contribution in [0.1, 0.15) is 13.3 Å². The smallest absolute Gasteiger partial charge is 0.326 e. The van der Waals surface area contributed by atoms with Crippen LogP contribution in [-0.4, -0.2) is 28.0 Å². The fraction of sp³-hybridized carbons (Fsp3) is 0.385. The molecular weight excluding hydrogens is 244 g/mol. The van der Waals surface area contributed by atoms with Crippen LogP contribution in [0.5, 0.6) is 0 Å². The van der Waals surface area contributed by atoms with E-state index in [1.807, 2.05) is 25.1 Å². The second-order valence-electron chi connectivity index (χ2n) is 4.65. The van der Waals surface area contributed by atoms with Gasteiger partial charge in [0.15, 0.2) is 0 Å². The quantitative estimate of drug-likeness (QED) is 0.717. The molecule has 0 aliphatic rings. The van der Waals surface area contributed by atoms with Gasteiger partial charge in [-0.1, -0.05) is 12.1 Å². The van der Waals surface area contributed by atoms with Crippen molar-refractivity contribution in [1.82, 2.24) is 14.9 Å². The number of nitrogens with one attached hydrogen (secondary N) is 2. The molecule has 0 aliphatic carbocycles. The van der Waals surface area contributed by atoms with Crippen LogP contribution in [0.15, 0.2) is 29.1 Å². The highest BCUT2D eigenvalue weighted by molar-refractivity contribution is 5.80. The van der Waals surface area contributed by atoms with E-state index >= 15 is 0 Å². The summed E-state index contributed by atoms with van der Waals surface area (Å²) in [4.78, 5) is 26.2. The summed E-state index contributed by atoms with van der Waals surface area (Å²) >= 11 is 0. The Morgan fingerprint density at radius 2 is 2.21 bits per heavy atom. The molecule has 0 saturated heterocycles. The van der Waals surface area contributed by atoms with Crippen LogP contribution in [0.25, 0.3) is 11.0 Å². The Bertz CT molecular complexity index is 627. The molecule has 4 N–H and O–H groups in total. The number of rotatable bonds is 5. The zero-order valence-corrected chi connectivity index (χ0v) is 10.8. The van der Waals surface area contributed by atoms with Gasteiger partial charge in [0.1, 0.15) is 6.54 Å². The molecule has 2 rings (SSSR count). The lowest BCUT2D eigenvalue weighted by Crippen LogP contribution is -2.33. The molecule has 0 spiro atoms. The van der Waals surface area contributed by atoms with Crippen molar-refractivity contribution in [3.8, 4) is 0 Å². The predicted octanol–water partition coefficient (Wildman–Crippen LogP) is 0.183. The molecule has 1 atom stereocenters. The molecule has 0 radical (unpaired) electrons. The first kappa shape index (κ1) is 13.4. The van der Waals surface area contributed by atoms with Crippen molar-refractivity contribution in [2.24, 2.45) is 5.73 Å². The largest absolute Gasteiger partial charge is 0.354 e. The molecule has 1 aromatic carbocycles. The summed E-state index contributed by atoms with van der Waals surface area (Å²) in [5, 5.41) is 2.75. The number of hydrogen-bond acceptors (Lipinski definition) is 3. The number of nitrogens with two attached hydrogens (primary N) is 1. The van der Waals surface area contributed by atoms with Crippen LogP contribution in [0.3, 0.4) is 0 Å². The lowest BCUT2D eigenvalue weighted by atomic mass is 10.2. The third-order valence-corrected chi connectivity index (χ3v) is 2.91. The second-order valence-corrected chi connectivity index (χ2v) is 4.65. The Balaban J connectivity index is 2.07. The number of amides is 1. The molecule has 102 valence electrons. The lowest BCUT2D eigenvalue weighted by Gasteiger charge is -2.07. The number of carbonyl (C=O) groups is 1. The third kappa shape index (κ3) is 3.23. The number of aromatic nitrogens is 2. The van der Waals surface area contributed by atoms with Crippen LogP contribution in [0, 0.1) is 0 Å². The second kappa shape index (κ2) is 5.71. The molecule has 6 nitrogen and oxygen atoms in total. The van der Waals surface area contributed by atoms with Gasteiger partial charge >= 0.3 is 5.69 Å². The maximum atomic E-state index is 11.8. The monoisotopic (exact) mass is 262 g/mol. The van der Waals surface area contributed by atoms with Gasteiger partial charge in [0.2, 0.25) is 5.91 Å². The third-order valence-electron chi connectivity index (χ3n) is 2.91. The molecule has 1 unspecified atom stereocenters. The van der Waals surface area contributed by atoms with Gasteiger partial charge in [-0.25, -0.2) is 4.79 Å². The van der Waals surface area contributed by atoms with Gasteiger partial charge in [0, 0.05) is 12.6 Å². The molecule has 0 fully saturated rings. The first-order valence-electron chi connectivity index (χ1n) is 6.28. The van der Waals surface area contributed by atoms with Crippen molar-refractivity contribution >= 4 is 16.9 Å². The highest BCUT2D eigenvalue weighted by atomic mass is 16.2. The van der Waals surface area contributed by atoms with E-state index in [4.69, 9.17) is 5.73 Å². The molecule has 0 saturated carbocycles. The van der Waals surface area contributed by atoms with E-state index in [2.05, 4.69) is 10.3 Å². The Labute approximate surface area is 110 Å². The number of para-hydroxylation sites is 2. The van der Waals surface area contributed by atoms with Crippen molar-refractivity contribution in [3.05, 3.63) is 34.7 Å². The van der Waals surface area contributed by atoms with Gasteiger partial charge in [-0.2, -0.15) is 0 Å².